The van der Waals surface area contributed by atoms with Gasteiger partial charge in [0, 0.05) is 12.7 Å². The molecule has 0 radical (unpaired) electrons. The molecular weight excluding hydrogens is 286 g/mol. The van der Waals surface area contributed by atoms with Crippen molar-refractivity contribution in [3.05, 3.63) is 10.7 Å². The summed E-state index contributed by atoms with van der Waals surface area (Å²) in [6, 6.07) is 0. The van der Waals surface area contributed by atoms with Crippen molar-refractivity contribution < 1.29 is 5.11 Å². The van der Waals surface area contributed by atoms with E-state index < -0.39 is 5.60 Å². The summed E-state index contributed by atoms with van der Waals surface area (Å²) in [5, 5.41) is 13.3. The molecule has 0 saturated heterocycles. The highest BCUT2D eigenvalue weighted by Crippen LogP contribution is 2.30. The molecular formula is C10H16BrN5O. The molecule has 0 amide bonds. The number of aliphatic hydroxyl groups is 1. The summed E-state index contributed by atoms with van der Waals surface area (Å²) in [6.07, 6.45) is 5.45. The first-order valence-corrected chi connectivity index (χ1v) is 6.38. The van der Waals surface area contributed by atoms with Crippen LogP contribution in [0.4, 0.5) is 11.8 Å². The second-order valence-electron chi connectivity index (χ2n) is 4.32. The van der Waals surface area contributed by atoms with Gasteiger partial charge in [0.05, 0.1) is 10.1 Å². The van der Waals surface area contributed by atoms with Crippen LogP contribution in [-0.2, 0) is 0 Å². The predicted octanol–water partition coefficient (Wildman–Crippen LogP) is 1.24. The normalized spacial score (nSPS) is 18.1. The van der Waals surface area contributed by atoms with Gasteiger partial charge in [0.2, 0.25) is 5.95 Å². The summed E-state index contributed by atoms with van der Waals surface area (Å²) in [5.41, 5.74) is 1.78. The Morgan fingerprint density at radius 3 is 2.82 bits per heavy atom. The summed E-state index contributed by atoms with van der Waals surface area (Å²) >= 11 is 3.35. The molecule has 0 atom stereocenters. The maximum Gasteiger partial charge on any atom is 0.239 e. The lowest BCUT2D eigenvalue weighted by atomic mass is 10.0. The van der Waals surface area contributed by atoms with Crippen molar-refractivity contribution in [1.82, 2.24) is 9.97 Å². The lowest BCUT2D eigenvalue weighted by Gasteiger charge is -2.23. The fourth-order valence-electron chi connectivity index (χ4n) is 2.02. The van der Waals surface area contributed by atoms with Gasteiger partial charge in [-0.2, -0.15) is 4.98 Å². The number of anilines is 2. The summed E-state index contributed by atoms with van der Waals surface area (Å²) < 4.78 is 0.748. The Kier molecular flexibility index (Phi) is 3.80. The van der Waals surface area contributed by atoms with Gasteiger partial charge >= 0.3 is 0 Å². The molecule has 1 heterocycles. The van der Waals surface area contributed by atoms with E-state index in [2.05, 4.69) is 36.6 Å². The Morgan fingerprint density at radius 2 is 2.18 bits per heavy atom. The van der Waals surface area contributed by atoms with E-state index >= 15 is 0 Å². The van der Waals surface area contributed by atoms with Crippen LogP contribution in [0, 0.1) is 0 Å². The van der Waals surface area contributed by atoms with Crippen LogP contribution in [0.1, 0.15) is 25.7 Å². The van der Waals surface area contributed by atoms with Gasteiger partial charge in [-0.1, -0.05) is 12.8 Å². The molecule has 5 N–H and O–H groups in total. The monoisotopic (exact) mass is 301 g/mol. The molecule has 0 aromatic carbocycles. The summed E-state index contributed by atoms with van der Waals surface area (Å²) in [5.74, 6) is 6.22. The molecule has 2 rings (SSSR count). The first-order chi connectivity index (χ1) is 8.13. The van der Waals surface area contributed by atoms with Crippen LogP contribution in [0.5, 0.6) is 0 Å². The second kappa shape index (κ2) is 5.16. The Morgan fingerprint density at radius 1 is 1.47 bits per heavy atom. The van der Waals surface area contributed by atoms with Gasteiger partial charge in [-0.05, 0) is 28.8 Å². The van der Waals surface area contributed by atoms with E-state index in [1.807, 2.05) is 0 Å². The van der Waals surface area contributed by atoms with E-state index in [1.54, 1.807) is 6.20 Å². The number of aromatic nitrogens is 2. The SMILES string of the molecule is NNc1ncc(Br)c(NCC2(O)CCCC2)n1. The molecule has 7 heteroatoms. The summed E-state index contributed by atoms with van der Waals surface area (Å²) in [6.45, 7) is 0.493. The number of nitrogens with two attached hydrogens (primary N) is 1. The van der Waals surface area contributed by atoms with E-state index in [9.17, 15) is 5.11 Å². The molecule has 6 nitrogen and oxygen atoms in total. The molecule has 1 aliphatic rings. The number of hydrogen-bond acceptors (Lipinski definition) is 6. The van der Waals surface area contributed by atoms with Crippen LogP contribution in [0.15, 0.2) is 10.7 Å². The van der Waals surface area contributed by atoms with E-state index in [4.69, 9.17) is 5.84 Å². The van der Waals surface area contributed by atoms with Crippen LogP contribution in [-0.4, -0.2) is 27.2 Å². The standard InChI is InChI=1S/C10H16BrN5O/c11-7-5-13-9(16-12)15-8(7)14-6-10(17)3-1-2-4-10/h5,17H,1-4,6,12H2,(H2,13,14,15,16). The molecule has 0 aliphatic heterocycles. The molecule has 1 saturated carbocycles. The van der Waals surface area contributed by atoms with Gasteiger partial charge in [0.15, 0.2) is 0 Å². The summed E-state index contributed by atoms with van der Waals surface area (Å²) in [7, 11) is 0. The zero-order valence-electron chi connectivity index (χ0n) is 9.41. The van der Waals surface area contributed by atoms with Crippen molar-refractivity contribution in [3.8, 4) is 0 Å². The second-order valence-corrected chi connectivity index (χ2v) is 5.17. The fraction of sp³-hybridized carbons (Fsp3) is 0.600. The van der Waals surface area contributed by atoms with Gasteiger partial charge in [0.25, 0.3) is 0 Å². The molecule has 1 aromatic heterocycles. The maximum absolute atomic E-state index is 10.2. The molecule has 0 spiro atoms. The molecule has 1 aromatic rings. The molecule has 94 valence electrons. The van der Waals surface area contributed by atoms with Crippen molar-refractivity contribution in [2.24, 2.45) is 5.84 Å². The van der Waals surface area contributed by atoms with Crippen molar-refractivity contribution in [2.75, 3.05) is 17.3 Å². The minimum absolute atomic E-state index is 0.342. The smallest absolute Gasteiger partial charge is 0.239 e. The van der Waals surface area contributed by atoms with Gasteiger partial charge in [-0.3, -0.25) is 5.43 Å². The third kappa shape index (κ3) is 3.05. The number of nitrogens with one attached hydrogen (secondary N) is 2. The van der Waals surface area contributed by atoms with Crippen LogP contribution >= 0.6 is 15.9 Å². The maximum atomic E-state index is 10.2. The number of rotatable bonds is 4. The predicted molar refractivity (Wildman–Crippen MR) is 69.4 cm³/mol. The average Bonchev–Trinajstić information content (AvgIpc) is 2.76. The highest BCUT2D eigenvalue weighted by Gasteiger charge is 2.30. The molecule has 17 heavy (non-hydrogen) atoms. The number of halogens is 1. The fourth-order valence-corrected chi connectivity index (χ4v) is 2.35. The Balaban J connectivity index is 2.02. The van der Waals surface area contributed by atoms with Gasteiger partial charge in [-0.15, -0.1) is 0 Å². The zero-order valence-corrected chi connectivity index (χ0v) is 11.0. The highest BCUT2D eigenvalue weighted by molar-refractivity contribution is 9.10. The van der Waals surface area contributed by atoms with Crippen LogP contribution < -0.4 is 16.6 Å². The molecule has 0 unspecified atom stereocenters. The number of hydrazine groups is 1. The van der Waals surface area contributed by atoms with Gasteiger partial charge in [0.1, 0.15) is 5.82 Å². The van der Waals surface area contributed by atoms with Crippen LogP contribution in [0.25, 0.3) is 0 Å². The molecule has 1 fully saturated rings. The van der Waals surface area contributed by atoms with Gasteiger partial charge < -0.3 is 10.4 Å². The number of nitrogen functional groups attached to an aromatic ring is 1. The lowest BCUT2D eigenvalue weighted by molar-refractivity contribution is 0.0614. The van der Waals surface area contributed by atoms with Crippen molar-refractivity contribution >= 4 is 27.7 Å². The minimum atomic E-state index is -0.610. The number of hydrogen-bond donors (Lipinski definition) is 4. The molecule has 1 aliphatic carbocycles. The van der Waals surface area contributed by atoms with E-state index in [-0.39, 0.29) is 0 Å². The third-order valence-electron chi connectivity index (χ3n) is 2.99. The Labute approximate surface area is 108 Å². The first-order valence-electron chi connectivity index (χ1n) is 5.58. The highest BCUT2D eigenvalue weighted by atomic mass is 79.9. The van der Waals surface area contributed by atoms with Crippen molar-refractivity contribution in [2.45, 2.75) is 31.3 Å². The topological polar surface area (TPSA) is 96.1 Å². The zero-order chi connectivity index (χ0) is 12.3. The van der Waals surface area contributed by atoms with E-state index in [1.165, 1.54) is 0 Å². The van der Waals surface area contributed by atoms with Crippen molar-refractivity contribution in [1.29, 1.82) is 0 Å². The minimum Gasteiger partial charge on any atom is -0.388 e. The quantitative estimate of drug-likeness (QED) is 0.494. The summed E-state index contributed by atoms with van der Waals surface area (Å²) in [4.78, 5) is 8.12. The van der Waals surface area contributed by atoms with Crippen LogP contribution in [0.2, 0.25) is 0 Å². The number of nitrogens with zero attached hydrogens (tertiary/aromatic N) is 2. The van der Waals surface area contributed by atoms with Gasteiger partial charge in [-0.25, -0.2) is 10.8 Å². The lowest BCUT2D eigenvalue weighted by Crippen LogP contribution is -2.33. The molecule has 0 bridgehead atoms. The van der Waals surface area contributed by atoms with E-state index in [0.29, 0.717) is 18.3 Å². The largest absolute Gasteiger partial charge is 0.388 e. The van der Waals surface area contributed by atoms with Crippen molar-refractivity contribution in [3.63, 3.8) is 0 Å². The average molecular weight is 302 g/mol. The Bertz CT molecular complexity index is 394. The van der Waals surface area contributed by atoms with Crippen LogP contribution in [0.3, 0.4) is 0 Å². The Hall–Kier alpha value is -0.920. The third-order valence-corrected chi connectivity index (χ3v) is 3.57. The first kappa shape index (κ1) is 12.5. The van der Waals surface area contributed by atoms with E-state index in [0.717, 1.165) is 30.2 Å².